The molecule has 6 heteroatoms. The molecule has 6 nitrogen and oxygen atoms in total. The number of hydrogen-bond acceptors (Lipinski definition) is 4. The van der Waals surface area contributed by atoms with Crippen LogP contribution < -0.4 is 5.56 Å². The summed E-state index contributed by atoms with van der Waals surface area (Å²) in [5, 5.41) is 0.570. The van der Waals surface area contributed by atoms with Crippen LogP contribution in [0.25, 0.3) is 10.9 Å². The average Bonchev–Trinajstić information content (AvgIpc) is 2.46. The second-order valence-corrected chi connectivity index (χ2v) is 5.35. The number of amides is 1. The predicted octanol–water partition coefficient (Wildman–Crippen LogP) is 1.00. The largest absolute Gasteiger partial charge is 0.348 e. The molecule has 0 spiro atoms. The fourth-order valence-electron chi connectivity index (χ4n) is 2.00. The van der Waals surface area contributed by atoms with Crippen molar-refractivity contribution in [2.45, 2.75) is 13.0 Å². The zero-order valence-electron chi connectivity index (χ0n) is 12.8. The molecule has 0 aliphatic carbocycles. The maximum Gasteiger partial charge on any atom is 0.258 e. The van der Waals surface area contributed by atoms with Crippen molar-refractivity contribution in [3.8, 4) is 0 Å². The number of fused-ring (bicyclic) bond motifs is 1. The molecule has 0 aliphatic heterocycles. The minimum absolute atomic E-state index is 0.00693. The Bertz CT molecular complexity index is 708. The Kier molecular flexibility index (Phi) is 4.37. The molecular formula is C15H20N4O2. The van der Waals surface area contributed by atoms with Gasteiger partial charge in [-0.15, -0.1) is 0 Å². The molecule has 1 atom stereocenters. The molecule has 0 radical (unpaired) electrons. The van der Waals surface area contributed by atoms with Gasteiger partial charge in [0.25, 0.3) is 5.56 Å². The average molecular weight is 288 g/mol. The summed E-state index contributed by atoms with van der Waals surface area (Å²) in [5.41, 5.74) is 0.505. The monoisotopic (exact) mass is 288 g/mol. The van der Waals surface area contributed by atoms with Gasteiger partial charge in [-0.05, 0) is 26.1 Å². The molecule has 1 aromatic heterocycles. The number of H-pyrrole nitrogens is 1. The number of carbonyl (C=O) groups is 1. The van der Waals surface area contributed by atoms with Crippen molar-refractivity contribution < 1.29 is 4.79 Å². The third-order valence-corrected chi connectivity index (χ3v) is 3.57. The molecule has 21 heavy (non-hydrogen) atoms. The minimum atomic E-state index is -0.161. The topological polar surface area (TPSA) is 69.3 Å². The van der Waals surface area contributed by atoms with Crippen LogP contribution in [0.4, 0.5) is 0 Å². The number of benzene rings is 1. The number of aromatic amines is 1. The highest BCUT2D eigenvalue weighted by atomic mass is 16.2. The van der Waals surface area contributed by atoms with Gasteiger partial charge in [-0.25, -0.2) is 4.98 Å². The molecule has 112 valence electrons. The highest BCUT2D eigenvalue weighted by Crippen LogP contribution is 2.15. The number of aromatic nitrogens is 2. The van der Waals surface area contributed by atoms with Gasteiger partial charge in [0.15, 0.2) is 0 Å². The van der Waals surface area contributed by atoms with Crippen molar-refractivity contribution in [1.82, 2.24) is 19.8 Å². The van der Waals surface area contributed by atoms with Crippen LogP contribution in [-0.2, 0) is 4.79 Å². The lowest BCUT2D eigenvalue weighted by Gasteiger charge is -2.24. The highest BCUT2D eigenvalue weighted by molar-refractivity contribution is 5.78. The molecule has 1 heterocycles. The molecule has 1 aromatic carbocycles. The predicted molar refractivity (Wildman–Crippen MR) is 82.1 cm³/mol. The van der Waals surface area contributed by atoms with E-state index in [4.69, 9.17) is 0 Å². The van der Waals surface area contributed by atoms with Gasteiger partial charge in [0.2, 0.25) is 5.91 Å². The summed E-state index contributed by atoms with van der Waals surface area (Å²) >= 11 is 0. The smallest absolute Gasteiger partial charge is 0.258 e. The highest BCUT2D eigenvalue weighted by Gasteiger charge is 2.18. The van der Waals surface area contributed by atoms with Crippen LogP contribution in [-0.4, -0.2) is 53.4 Å². The van der Waals surface area contributed by atoms with Gasteiger partial charge in [-0.3, -0.25) is 14.5 Å². The zero-order valence-corrected chi connectivity index (χ0v) is 12.8. The lowest BCUT2D eigenvalue weighted by atomic mass is 10.2. The molecule has 0 unspecified atom stereocenters. The van der Waals surface area contributed by atoms with Crippen molar-refractivity contribution in [3.63, 3.8) is 0 Å². The molecule has 2 rings (SSSR count). The summed E-state index contributed by atoms with van der Waals surface area (Å²) in [6.45, 7) is 2.18. The first kappa shape index (κ1) is 15.2. The van der Waals surface area contributed by atoms with E-state index < -0.39 is 0 Å². The van der Waals surface area contributed by atoms with Gasteiger partial charge in [0.05, 0.1) is 23.5 Å². The summed E-state index contributed by atoms with van der Waals surface area (Å²) in [6, 6.07) is 7.05. The van der Waals surface area contributed by atoms with E-state index in [-0.39, 0.29) is 24.1 Å². The molecule has 0 saturated heterocycles. The lowest BCUT2D eigenvalue weighted by Crippen LogP contribution is -2.36. The number of nitrogens with one attached hydrogen (secondary N) is 1. The first-order valence-electron chi connectivity index (χ1n) is 6.79. The van der Waals surface area contributed by atoms with Crippen molar-refractivity contribution in [3.05, 3.63) is 40.4 Å². The van der Waals surface area contributed by atoms with Crippen LogP contribution in [0, 0.1) is 0 Å². The Morgan fingerprint density at radius 3 is 2.62 bits per heavy atom. The number of rotatable bonds is 4. The SMILES string of the molecule is C[C@H](c1nc2ccccc2c(=O)[nH]1)N(C)CC(=O)N(C)C. The number of carbonyl (C=O) groups excluding carboxylic acids is 1. The van der Waals surface area contributed by atoms with E-state index in [1.807, 2.05) is 37.1 Å². The summed E-state index contributed by atoms with van der Waals surface area (Å²) < 4.78 is 0. The number of nitrogens with zero attached hydrogens (tertiary/aromatic N) is 3. The van der Waals surface area contributed by atoms with Crippen LogP contribution in [0.5, 0.6) is 0 Å². The van der Waals surface area contributed by atoms with Crippen LogP contribution in [0.1, 0.15) is 18.8 Å². The molecule has 2 aromatic rings. The van der Waals surface area contributed by atoms with Crippen molar-refractivity contribution in [1.29, 1.82) is 0 Å². The number of hydrogen-bond donors (Lipinski definition) is 1. The van der Waals surface area contributed by atoms with Crippen LogP contribution >= 0.6 is 0 Å². The zero-order chi connectivity index (χ0) is 15.6. The third-order valence-electron chi connectivity index (χ3n) is 3.57. The Labute approximate surface area is 123 Å². The van der Waals surface area contributed by atoms with Crippen molar-refractivity contribution >= 4 is 16.8 Å². The standard InChI is InChI=1S/C15H20N4O2/c1-10(19(4)9-13(20)18(2)3)14-16-12-8-6-5-7-11(12)15(21)17-14/h5-8,10H,9H2,1-4H3,(H,16,17,21)/t10-/m1/s1. The number of para-hydroxylation sites is 1. The normalized spacial score (nSPS) is 12.6. The Balaban J connectivity index is 2.29. The van der Waals surface area contributed by atoms with E-state index in [0.717, 1.165) is 0 Å². The molecule has 0 aliphatic rings. The van der Waals surface area contributed by atoms with Gasteiger partial charge in [-0.1, -0.05) is 12.1 Å². The van der Waals surface area contributed by atoms with Crippen LogP contribution in [0.3, 0.4) is 0 Å². The van der Waals surface area contributed by atoms with E-state index >= 15 is 0 Å². The molecule has 1 amide bonds. The molecule has 1 N–H and O–H groups in total. The molecule has 0 saturated carbocycles. The van der Waals surface area contributed by atoms with E-state index in [2.05, 4.69) is 9.97 Å². The van der Waals surface area contributed by atoms with E-state index in [1.54, 1.807) is 25.1 Å². The van der Waals surface area contributed by atoms with Crippen LogP contribution in [0.15, 0.2) is 29.1 Å². The second-order valence-electron chi connectivity index (χ2n) is 5.35. The van der Waals surface area contributed by atoms with Crippen LogP contribution in [0.2, 0.25) is 0 Å². The minimum Gasteiger partial charge on any atom is -0.348 e. The summed E-state index contributed by atoms with van der Waals surface area (Å²) in [7, 11) is 5.27. The third kappa shape index (κ3) is 3.28. The van der Waals surface area contributed by atoms with Gasteiger partial charge in [0, 0.05) is 14.1 Å². The molecule has 0 bridgehead atoms. The maximum absolute atomic E-state index is 12.1. The fraction of sp³-hybridized carbons (Fsp3) is 0.400. The number of likely N-dealkylation sites (N-methyl/N-ethyl adjacent to an activating group) is 2. The summed E-state index contributed by atoms with van der Waals surface area (Å²) in [4.78, 5) is 34.5. The molecular weight excluding hydrogens is 268 g/mol. The quantitative estimate of drug-likeness (QED) is 0.911. The summed E-state index contributed by atoms with van der Waals surface area (Å²) in [5.74, 6) is 0.570. The molecule has 0 fully saturated rings. The first-order valence-corrected chi connectivity index (χ1v) is 6.79. The van der Waals surface area contributed by atoms with Crippen molar-refractivity contribution in [2.24, 2.45) is 0 Å². The Morgan fingerprint density at radius 2 is 1.95 bits per heavy atom. The van der Waals surface area contributed by atoms with Gasteiger partial charge in [0.1, 0.15) is 5.82 Å². The van der Waals surface area contributed by atoms with E-state index in [0.29, 0.717) is 16.7 Å². The lowest BCUT2D eigenvalue weighted by molar-refractivity contribution is -0.130. The maximum atomic E-state index is 12.1. The Hall–Kier alpha value is -2.21. The van der Waals surface area contributed by atoms with Gasteiger partial charge < -0.3 is 9.88 Å². The van der Waals surface area contributed by atoms with Gasteiger partial charge in [-0.2, -0.15) is 0 Å². The second kappa shape index (κ2) is 6.05. The van der Waals surface area contributed by atoms with Crippen molar-refractivity contribution in [2.75, 3.05) is 27.7 Å². The summed E-state index contributed by atoms with van der Waals surface area (Å²) in [6.07, 6.45) is 0. The van der Waals surface area contributed by atoms with E-state index in [1.165, 1.54) is 0 Å². The van der Waals surface area contributed by atoms with Gasteiger partial charge >= 0.3 is 0 Å². The Morgan fingerprint density at radius 1 is 1.29 bits per heavy atom. The first-order chi connectivity index (χ1) is 9.90. The fourth-order valence-corrected chi connectivity index (χ4v) is 2.00. The van der Waals surface area contributed by atoms with E-state index in [9.17, 15) is 9.59 Å².